The van der Waals surface area contributed by atoms with Crippen LogP contribution in [0.15, 0.2) is 73.1 Å². The van der Waals surface area contributed by atoms with E-state index in [2.05, 4.69) is 66.5 Å². The number of esters is 1. The number of ether oxygens (including phenoxy) is 3. The molecule has 0 saturated carbocycles. The van der Waals surface area contributed by atoms with Crippen LogP contribution >= 0.6 is 0 Å². The number of benzene rings is 3. The zero-order valence-corrected chi connectivity index (χ0v) is 23.3. The zero-order valence-electron chi connectivity index (χ0n) is 23.3. The molecule has 0 saturated heterocycles. The highest BCUT2D eigenvalue weighted by Crippen LogP contribution is 2.32. The molecule has 3 aromatic carbocycles. The second-order valence-electron chi connectivity index (χ2n) is 9.93. The third-order valence-electron chi connectivity index (χ3n) is 6.74. The van der Waals surface area contributed by atoms with Crippen LogP contribution in [0.3, 0.4) is 0 Å². The summed E-state index contributed by atoms with van der Waals surface area (Å²) in [5.41, 5.74) is 7.94. The van der Waals surface area contributed by atoms with Crippen LogP contribution in [0.1, 0.15) is 43.6 Å². The molecule has 0 atom stereocenters. The molecule has 0 aliphatic heterocycles. The summed E-state index contributed by atoms with van der Waals surface area (Å²) < 4.78 is 18.8. The van der Waals surface area contributed by atoms with E-state index in [4.69, 9.17) is 19.3 Å². The molecule has 8 nitrogen and oxygen atoms in total. The summed E-state index contributed by atoms with van der Waals surface area (Å²) in [5, 5.41) is 12.9. The van der Waals surface area contributed by atoms with Crippen LogP contribution in [-0.2, 0) is 33.9 Å². The summed E-state index contributed by atoms with van der Waals surface area (Å²) in [7, 11) is 1.65. The Morgan fingerprint density at radius 1 is 0.975 bits per heavy atom. The Kier molecular flexibility index (Phi) is 8.26. The van der Waals surface area contributed by atoms with Crippen LogP contribution in [0.5, 0.6) is 5.75 Å². The number of nitrogens with one attached hydrogen (secondary N) is 1. The van der Waals surface area contributed by atoms with Crippen LogP contribution in [0.4, 0.5) is 0 Å². The second-order valence-corrected chi connectivity index (χ2v) is 9.93. The molecule has 5 aromatic rings. The number of aromatic amines is 1. The number of fused-ring (bicyclic) bond motifs is 1. The fourth-order valence-electron chi connectivity index (χ4n) is 4.85. The standard InChI is InChI=1S/C32H34N4O4/c1-5-39-32(37)16-26-13-22(19-38-4)9-12-31(26)40-20-29-28-15-25(10-11-30(28)36(35-29)21(2)3)23-7-6-8-24(14-23)27-17-33-34-18-27/h6-15,17-18,21H,5,16,19-20H2,1-4H3,(H,33,34). The first-order valence-electron chi connectivity index (χ1n) is 13.5. The number of nitrogens with zero attached hydrogens (tertiary/aromatic N) is 3. The van der Waals surface area contributed by atoms with Crippen LogP contribution in [0.2, 0.25) is 0 Å². The lowest BCUT2D eigenvalue weighted by atomic mass is 9.99. The summed E-state index contributed by atoms with van der Waals surface area (Å²) in [4.78, 5) is 12.3. The van der Waals surface area contributed by atoms with Gasteiger partial charge in [-0.2, -0.15) is 10.2 Å². The molecule has 0 amide bonds. The highest BCUT2D eigenvalue weighted by molar-refractivity contribution is 5.88. The fraction of sp³-hybridized carbons (Fsp3) is 0.281. The predicted molar refractivity (Wildman–Crippen MR) is 155 cm³/mol. The van der Waals surface area contributed by atoms with E-state index in [1.54, 1.807) is 14.0 Å². The lowest BCUT2D eigenvalue weighted by molar-refractivity contribution is -0.142. The number of methoxy groups -OCH3 is 1. The van der Waals surface area contributed by atoms with Gasteiger partial charge in [0.05, 0.1) is 31.3 Å². The summed E-state index contributed by atoms with van der Waals surface area (Å²) >= 11 is 0. The van der Waals surface area contributed by atoms with Crippen molar-refractivity contribution < 1.29 is 19.0 Å². The molecule has 0 unspecified atom stereocenters. The van der Waals surface area contributed by atoms with Crippen molar-refractivity contribution in [3.8, 4) is 28.0 Å². The van der Waals surface area contributed by atoms with Crippen molar-refractivity contribution in [1.29, 1.82) is 0 Å². The fourth-order valence-corrected chi connectivity index (χ4v) is 4.85. The van der Waals surface area contributed by atoms with Gasteiger partial charge in [0.1, 0.15) is 18.1 Å². The Morgan fingerprint density at radius 2 is 1.77 bits per heavy atom. The van der Waals surface area contributed by atoms with Crippen molar-refractivity contribution in [3.63, 3.8) is 0 Å². The average molecular weight is 539 g/mol. The van der Waals surface area contributed by atoms with Gasteiger partial charge < -0.3 is 14.2 Å². The van der Waals surface area contributed by atoms with Crippen molar-refractivity contribution in [2.45, 2.75) is 46.4 Å². The van der Waals surface area contributed by atoms with E-state index in [1.807, 2.05) is 35.3 Å². The normalized spacial score (nSPS) is 11.3. The summed E-state index contributed by atoms with van der Waals surface area (Å²) in [6.45, 7) is 7.07. The number of hydrogen-bond donors (Lipinski definition) is 1. The summed E-state index contributed by atoms with van der Waals surface area (Å²) in [6.07, 6.45) is 3.84. The molecule has 0 radical (unpaired) electrons. The Balaban J connectivity index is 1.48. The van der Waals surface area contributed by atoms with Gasteiger partial charge in [-0.25, -0.2) is 0 Å². The van der Waals surface area contributed by atoms with Crippen LogP contribution < -0.4 is 4.74 Å². The smallest absolute Gasteiger partial charge is 0.310 e. The maximum atomic E-state index is 12.3. The van der Waals surface area contributed by atoms with Gasteiger partial charge in [-0.1, -0.05) is 30.3 Å². The second kappa shape index (κ2) is 12.2. The largest absolute Gasteiger partial charge is 0.487 e. The highest BCUT2D eigenvalue weighted by Gasteiger charge is 2.17. The van der Waals surface area contributed by atoms with Crippen LogP contribution in [-0.4, -0.2) is 39.7 Å². The van der Waals surface area contributed by atoms with Crippen molar-refractivity contribution in [3.05, 3.63) is 89.9 Å². The van der Waals surface area contributed by atoms with Crippen molar-refractivity contribution in [1.82, 2.24) is 20.0 Å². The molecule has 0 spiro atoms. The van der Waals surface area contributed by atoms with E-state index in [-0.39, 0.29) is 25.0 Å². The number of carbonyl (C=O) groups is 1. The minimum atomic E-state index is -0.293. The number of carbonyl (C=O) groups excluding carboxylic acids is 1. The monoisotopic (exact) mass is 538 g/mol. The van der Waals surface area contributed by atoms with E-state index in [1.165, 1.54) is 0 Å². The van der Waals surface area contributed by atoms with Gasteiger partial charge in [-0.3, -0.25) is 14.6 Å². The number of rotatable bonds is 11. The third-order valence-corrected chi connectivity index (χ3v) is 6.74. The molecule has 1 N–H and O–H groups in total. The Morgan fingerprint density at radius 3 is 2.50 bits per heavy atom. The highest BCUT2D eigenvalue weighted by atomic mass is 16.5. The molecule has 0 aliphatic carbocycles. The molecule has 40 heavy (non-hydrogen) atoms. The lowest BCUT2D eigenvalue weighted by Gasteiger charge is -2.13. The minimum absolute atomic E-state index is 0.124. The molecule has 0 bridgehead atoms. The minimum Gasteiger partial charge on any atom is -0.487 e. The van der Waals surface area contributed by atoms with Crippen molar-refractivity contribution in [2.75, 3.05) is 13.7 Å². The topological polar surface area (TPSA) is 91.3 Å². The van der Waals surface area contributed by atoms with Crippen molar-refractivity contribution in [2.24, 2.45) is 0 Å². The number of H-pyrrole nitrogens is 1. The van der Waals surface area contributed by atoms with Crippen LogP contribution in [0, 0.1) is 0 Å². The molecule has 2 heterocycles. The van der Waals surface area contributed by atoms with E-state index >= 15 is 0 Å². The number of aromatic nitrogens is 4. The van der Waals surface area contributed by atoms with Gasteiger partial charge in [0, 0.05) is 35.9 Å². The van der Waals surface area contributed by atoms with E-state index in [0.29, 0.717) is 19.0 Å². The molecule has 0 fully saturated rings. The zero-order chi connectivity index (χ0) is 28.1. The van der Waals surface area contributed by atoms with Crippen molar-refractivity contribution >= 4 is 16.9 Å². The van der Waals surface area contributed by atoms with Gasteiger partial charge in [-0.15, -0.1) is 0 Å². The van der Waals surface area contributed by atoms with Gasteiger partial charge in [0.15, 0.2) is 0 Å². The maximum Gasteiger partial charge on any atom is 0.310 e. The SMILES string of the molecule is CCOC(=O)Cc1cc(COC)ccc1OCc1nn(C(C)C)c2ccc(-c3cccc(-c4cn[nH]c4)c3)cc12. The number of hydrogen-bond acceptors (Lipinski definition) is 6. The van der Waals surface area contributed by atoms with Crippen LogP contribution in [0.25, 0.3) is 33.2 Å². The predicted octanol–water partition coefficient (Wildman–Crippen LogP) is 6.51. The maximum absolute atomic E-state index is 12.3. The summed E-state index contributed by atoms with van der Waals surface area (Å²) in [5.74, 6) is 0.336. The average Bonchev–Trinajstić information content (AvgIpc) is 3.62. The first-order valence-corrected chi connectivity index (χ1v) is 13.5. The quantitative estimate of drug-likeness (QED) is 0.193. The third kappa shape index (κ3) is 5.92. The first kappa shape index (κ1) is 27.1. The Hall–Kier alpha value is -4.43. The van der Waals surface area contributed by atoms with Gasteiger partial charge in [0.25, 0.3) is 0 Å². The Bertz CT molecular complexity index is 1610. The van der Waals surface area contributed by atoms with E-state index in [0.717, 1.165) is 50.0 Å². The summed E-state index contributed by atoms with van der Waals surface area (Å²) in [6, 6.07) is 20.8. The van der Waals surface area contributed by atoms with E-state index < -0.39 is 0 Å². The lowest BCUT2D eigenvalue weighted by Crippen LogP contribution is -2.10. The molecule has 0 aliphatic rings. The molecule has 2 aromatic heterocycles. The van der Waals surface area contributed by atoms with E-state index in [9.17, 15) is 4.79 Å². The van der Waals surface area contributed by atoms with Gasteiger partial charge in [0.2, 0.25) is 0 Å². The van der Waals surface area contributed by atoms with Gasteiger partial charge >= 0.3 is 5.97 Å². The molecule has 8 heteroatoms. The Labute approximate surface area is 233 Å². The molecule has 206 valence electrons. The van der Waals surface area contributed by atoms with Gasteiger partial charge in [-0.05, 0) is 73.4 Å². The molecular weight excluding hydrogens is 504 g/mol. The first-order chi connectivity index (χ1) is 19.5. The molecular formula is C32H34N4O4. The molecule has 5 rings (SSSR count).